The van der Waals surface area contributed by atoms with E-state index in [9.17, 15) is 8.42 Å². The Morgan fingerprint density at radius 3 is 2.60 bits per heavy atom. The van der Waals surface area contributed by atoms with Crippen molar-refractivity contribution in [2.24, 2.45) is 0 Å². The maximum atomic E-state index is 12.8. The molecule has 0 amide bonds. The minimum absolute atomic E-state index is 0.324. The third kappa shape index (κ3) is 5.38. The first-order chi connectivity index (χ1) is 14.6. The van der Waals surface area contributed by atoms with E-state index in [1.165, 1.54) is 21.2 Å². The summed E-state index contributed by atoms with van der Waals surface area (Å²) in [6.45, 7) is 2.36. The summed E-state index contributed by atoms with van der Waals surface area (Å²) in [6, 6.07) is 17.2. The number of thioether (sulfide) groups is 1. The fraction of sp³-hybridized carbons (Fsp3) is 0.300. The molecule has 1 fully saturated rings. The van der Waals surface area contributed by atoms with Gasteiger partial charge in [0, 0.05) is 25.4 Å². The molecule has 1 aromatic heterocycles. The molecule has 4 rings (SSSR count). The van der Waals surface area contributed by atoms with Crippen molar-refractivity contribution in [3.63, 3.8) is 0 Å². The van der Waals surface area contributed by atoms with E-state index in [-0.39, 0.29) is 0 Å². The van der Waals surface area contributed by atoms with Crippen molar-refractivity contribution in [3.05, 3.63) is 65.7 Å². The minimum Gasteiger partial charge on any atom is -0.379 e. The molecule has 0 atom stereocenters. The normalized spacial score (nSPS) is 15.2. The highest BCUT2D eigenvalue weighted by Gasteiger charge is 2.26. The number of hydrogen-bond donors (Lipinski definition) is 1. The van der Waals surface area contributed by atoms with E-state index >= 15 is 0 Å². The lowest BCUT2D eigenvalue weighted by molar-refractivity contribution is 0.0730. The van der Waals surface area contributed by atoms with Gasteiger partial charge in [-0.15, -0.1) is 10.2 Å². The second kappa shape index (κ2) is 9.88. The van der Waals surface area contributed by atoms with Gasteiger partial charge in [0.15, 0.2) is 4.34 Å². The standard InChI is InChI=1S/C20H22N4O3S3/c25-30(26,24-9-11-27-12-10-24)18-8-4-7-17(13-18)15-28-20-23-22-19(29-20)21-14-16-5-2-1-3-6-16/h1-8,13H,9-12,14-15H2,(H,21,22). The highest BCUT2D eigenvalue weighted by atomic mass is 32.2. The molecule has 1 saturated heterocycles. The predicted molar refractivity (Wildman–Crippen MR) is 119 cm³/mol. The Hall–Kier alpha value is -1.98. The SMILES string of the molecule is O=S(=O)(c1cccc(CSc2nnc(NCc3ccccc3)s2)c1)N1CCOCC1. The van der Waals surface area contributed by atoms with E-state index in [2.05, 4.69) is 27.6 Å². The summed E-state index contributed by atoms with van der Waals surface area (Å²) in [4.78, 5) is 0.324. The Balaban J connectivity index is 1.35. The molecule has 2 aromatic carbocycles. The molecule has 1 N–H and O–H groups in total. The van der Waals surface area contributed by atoms with E-state index in [0.717, 1.165) is 15.0 Å². The molecule has 0 unspecified atom stereocenters. The Kier molecular flexibility index (Phi) is 7.00. The van der Waals surface area contributed by atoms with Crippen molar-refractivity contribution in [1.82, 2.24) is 14.5 Å². The van der Waals surface area contributed by atoms with Gasteiger partial charge >= 0.3 is 0 Å². The Morgan fingerprint density at radius 1 is 1.03 bits per heavy atom. The van der Waals surface area contributed by atoms with Gasteiger partial charge in [0.25, 0.3) is 0 Å². The summed E-state index contributed by atoms with van der Waals surface area (Å²) in [7, 11) is -3.49. The average Bonchev–Trinajstić information content (AvgIpc) is 3.26. The number of rotatable bonds is 8. The van der Waals surface area contributed by atoms with Crippen molar-refractivity contribution in [2.45, 2.75) is 21.5 Å². The summed E-state index contributed by atoms with van der Waals surface area (Å²) in [5.74, 6) is 0.625. The zero-order valence-corrected chi connectivity index (χ0v) is 18.7. The van der Waals surface area contributed by atoms with E-state index < -0.39 is 10.0 Å². The van der Waals surface area contributed by atoms with Crippen LogP contribution in [0.15, 0.2) is 63.8 Å². The highest BCUT2D eigenvalue weighted by Crippen LogP contribution is 2.29. The van der Waals surface area contributed by atoms with Crippen LogP contribution in [-0.2, 0) is 27.1 Å². The minimum atomic E-state index is -3.49. The van der Waals surface area contributed by atoms with Crippen LogP contribution in [0.5, 0.6) is 0 Å². The molecule has 10 heteroatoms. The zero-order chi connectivity index (χ0) is 20.8. The molecule has 7 nitrogen and oxygen atoms in total. The van der Waals surface area contributed by atoms with Crippen molar-refractivity contribution in [1.29, 1.82) is 0 Å². The number of nitrogens with zero attached hydrogens (tertiary/aromatic N) is 3. The predicted octanol–water partition coefficient (Wildman–Crippen LogP) is 3.46. The maximum absolute atomic E-state index is 12.8. The van der Waals surface area contributed by atoms with Gasteiger partial charge < -0.3 is 10.1 Å². The van der Waals surface area contributed by atoms with E-state index in [4.69, 9.17) is 4.74 Å². The van der Waals surface area contributed by atoms with Gasteiger partial charge in [-0.1, -0.05) is 65.6 Å². The molecule has 3 aromatic rings. The first kappa shape index (κ1) is 21.3. The third-order valence-corrected chi connectivity index (χ3v) is 8.54. The lowest BCUT2D eigenvalue weighted by Crippen LogP contribution is -2.40. The van der Waals surface area contributed by atoms with Crippen LogP contribution >= 0.6 is 23.1 Å². The summed E-state index contributed by atoms with van der Waals surface area (Å²) < 4.78 is 33.3. The first-order valence-corrected chi connectivity index (χ1v) is 12.8. The van der Waals surface area contributed by atoms with Crippen molar-refractivity contribution >= 4 is 38.3 Å². The van der Waals surface area contributed by atoms with Gasteiger partial charge in [0.05, 0.1) is 18.1 Å². The third-order valence-electron chi connectivity index (χ3n) is 4.56. The van der Waals surface area contributed by atoms with Crippen LogP contribution in [0.3, 0.4) is 0 Å². The van der Waals surface area contributed by atoms with Gasteiger partial charge in [-0.25, -0.2) is 8.42 Å². The first-order valence-electron chi connectivity index (χ1n) is 9.52. The van der Waals surface area contributed by atoms with Crippen LogP contribution in [0.25, 0.3) is 0 Å². The summed E-state index contributed by atoms with van der Waals surface area (Å²) in [5, 5.41) is 12.5. The maximum Gasteiger partial charge on any atom is 0.243 e. The largest absolute Gasteiger partial charge is 0.379 e. The lowest BCUT2D eigenvalue weighted by Gasteiger charge is -2.26. The number of aromatic nitrogens is 2. The van der Waals surface area contributed by atoms with Crippen LogP contribution in [0.1, 0.15) is 11.1 Å². The Bertz CT molecular complexity index is 1070. The average molecular weight is 463 g/mol. The number of ether oxygens (including phenoxy) is 1. The van der Waals surface area contributed by atoms with Crippen LogP contribution in [0.4, 0.5) is 5.13 Å². The molecule has 2 heterocycles. The number of sulfonamides is 1. The smallest absolute Gasteiger partial charge is 0.243 e. The zero-order valence-electron chi connectivity index (χ0n) is 16.2. The second-order valence-corrected chi connectivity index (χ2v) is 10.8. The molecule has 1 aliphatic heterocycles. The van der Waals surface area contributed by atoms with E-state index in [0.29, 0.717) is 43.5 Å². The quantitative estimate of drug-likeness (QED) is 0.513. The summed E-state index contributed by atoms with van der Waals surface area (Å²) in [6.07, 6.45) is 0. The van der Waals surface area contributed by atoms with Gasteiger partial charge in [-0.2, -0.15) is 4.31 Å². The van der Waals surface area contributed by atoms with Crippen molar-refractivity contribution in [2.75, 3.05) is 31.6 Å². The van der Waals surface area contributed by atoms with Gasteiger partial charge in [-0.05, 0) is 23.3 Å². The molecule has 0 aliphatic carbocycles. The van der Waals surface area contributed by atoms with Crippen LogP contribution in [0, 0.1) is 0 Å². The Morgan fingerprint density at radius 2 is 1.80 bits per heavy atom. The van der Waals surface area contributed by atoms with Crippen LogP contribution < -0.4 is 5.32 Å². The number of benzene rings is 2. The van der Waals surface area contributed by atoms with E-state index in [1.807, 2.05) is 24.3 Å². The highest BCUT2D eigenvalue weighted by molar-refractivity contribution is 8.00. The summed E-state index contributed by atoms with van der Waals surface area (Å²) in [5.41, 5.74) is 2.11. The van der Waals surface area contributed by atoms with Gasteiger partial charge in [0.2, 0.25) is 15.2 Å². The molecule has 1 aliphatic rings. The monoisotopic (exact) mass is 462 g/mol. The topological polar surface area (TPSA) is 84.4 Å². The van der Waals surface area contributed by atoms with Crippen LogP contribution in [0.2, 0.25) is 0 Å². The van der Waals surface area contributed by atoms with E-state index in [1.54, 1.807) is 30.0 Å². The van der Waals surface area contributed by atoms with Crippen molar-refractivity contribution in [3.8, 4) is 0 Å². The number of morpholine rings is 1. The van der Waals surface area contributed by atoms with Gasteiger partial charge in [-0.3, -0.25) is 0 Å². The molecule has 30 heavy (non-hydrogen) atoms. The fourth-order valence-electron chi connectivity index (χ4n) is 2.99. The summed E-state index contributed by atoms with van der Waals surface area (Å²) >= 11 is 3.04. The lowest BCUT2D eigenvalue weighted by atomic mass is 10.2. The molecule has 0 saturated carbocycles. The molecule has 158 valence electrons. The fourth-order valence-corrected chi connectivity index (χ4v) is 6.16. The number of nitrogens with one attached hydrogen (secondary N) is 1. The van der Waals surface area contributed by atoms with Crippen LogP contribution in [-0.4, -0.2) is 49.2 Å². The molecule has 0 spiro atoms. The molecular weight excluding hydrogens is 440 g/mol. The molecular formula is C20H22N4O3S3. The second-order valence-electron chi connectivity index (χ2n) is 6.66. The number of anilines is 1. The van der Waals surface area contributed by atoms with Crippen molar-refractivity contribution < 1.29 is 13.2 Å². The number of hydrogen-bond acceptors (Lipinski definition) is 8. The van der Waals surface area contributed by atoms with Gasteiger partial charge in [0.1, 0.15) is 0 Å². The molecule has 0 bridgehead atoms. The molecule has 0 radical (unpaired) electrons. The Labute approximate surface area is 184 Å².